The Hall–Kier alpha value is -3.51. The number of hydrogen-bond acceptors (Lipinski definition) is 6. The molecule has 0 fully saturated rings. The summed E-state index contributed by atoms with van der Waals surface area (Å²) in [7, 11) is 0. The highest BCUT2D eigenvalue weighted by Crippen LogP contribution is 2.33. The van der Waals surface area contributed by atoms with Crippen molar-refractivity contribution < 1.29 is 22.0 Å². The van der Waals surface area contributed by atoms with Crippen molar-refractivity contribution in [2.24, 2.45) is 0 Å². The first kappa shape index (κ1) is 25.2. The maximum absolute atomic E-state index is 14.2. The largest absolute Gasteiger partial charge is 0.423 e. The van der Waals surface area contributed by atoms with Crippen LogP contribution in [0.1, 0.15) is 24.6 Å². The molecule has 0 saturated heterocycles. The van der Waals surface area contributed by atoms with Crippen LogP contribution in [0, 0.1) is 11.6 Å². The molecule has 3 atom stereocenters. The third-order valence-corrected chi connectivity index (χ3v) is 7.18. The second-order valence-electron chi connectivity index (χ2n) is 8.35. The van der Waals surface area contributed by atoms with Crippen LogP contribution in [0.4, 0.5) is 14.8 Å². The number of oxazole rings is 1. The van der Waals surface area contributed by atoms with Crippen molar-refractivity contribution in [2.45, 2.75) is 24.9 Å². The molecule has 0 amide bonds. The number of allylic oxidation sites excluding steroid dienone is 1. The van der Waals surface area contributed by atoms with Crippen LogP contribution in [0.5, 0.6) is 0 Å². The molecule has 37 heavy (non-hydrogen) atoms. The lowest BCUT2D eigenvalue weighted by atomic mass is 9.97. The van der Waals surface area contributed by atoms with Crippen LogP contribution < -0.4 is 10.0 Å². The number of nitrogens with zero attached hydrogens (tertiary/aromatic N) is 2. The van der Waals surface area contributed by atoms with Crippen molar-refractivity contribution in [2.75, 3.05) is 5.32 Å². The Morgan fingerprint density at radius 3 is 2.78 bits per heavy atom. The SMILES string of the molecule is O=S(O)NC1C=CC(C[C@H](Nc2ncc(-c3ccc(F)cc3F)o2)c2csc(-c3ccccc3)n2)=CC1. The molecule has 3 N–H and O–H groups in total. The predicted octanol–water partition coefficient (Wildman–Crippen LogP) is 6.27. The maximum Gasteiger partial charge on any atom is 0.295 e. The van der Waals surface area contributed by atoms with Crippen LogP contribution in [0.3, 0.4) is 0 Å². The lowest BCUT2D eigenvalue weighted by molar-refractivity contribution is 0.538. The summed E-state index contributed by atoms with van der Waals surface area (Å²) in [6.07, 6.45) is 8.23. The molecule has 2 aromatic heterocycles. The molecule has 4 aromatic rings. The van der Waals surface area contributed by atoms with E-state index in [2.05, 4.69) is 15.0 Å². The monoisotopic (exact) mass is 540 g/mol. The van der Waals surface area contributed by atoms with E-state index in [9.17, 15) is 13.0 Å². The van der Waals surface area contributed by atoms with Crippen LogP contribution in [0.25, 0.3) is 21.9 Å². The lowest BCUT2D eigenvalue weighted by Crippen LogP contribution is -2.29. The molecule has 2 aromatic carbocycles. The summed E-state index contributed by atoms with van der Waals surface area (Å²) in [6, 6.07) is 12.7. The minimum absolute atomic E-state index is 0.108. The molecule has 190 valence electrons. The smallest absolute Gasteiger partial charge is 0.295 e. The average molecular weight is 541 g/mol. The lowest BCUT2D eigenvalue weighted by Gasteiger charge is -2.20. The number of halogens is 2. The fourth-order valence-corrected chi connectivity index (χ4v) is 5.27. The van der Waals surface area contributed by atoms with Crippen LogP contribution in [-0.4, -0.2) is 24.8 Å². The van der Waals surface area contributed by atoms with Gasteiger partial charge in [-0.15, -0.1) is 11.3 Å². The average Bonchev–Trinajstić information content (AvgIpc) is 3.55. The highest BCUT2D eigenvalue weighted by molar-refractivity contribution is 7.77. The molecular weight excluding hydrogens is 518 g/mol. The third kappa shape index (κ3) is 6.25. The molecule has 0 radical (unpaired) electrons. The molecule has 11 heteroatoms. The standard InChI is InChI=1S/C26H22F2N4O3S2/c27-18-8-11-20(21(28)13-18)24-14-29-26(35-24)31-22(12-16-6-9-19(10-7-16)32-37(33)34)23-15-36-25(30-23)17-4-2-1-3-5-17/h1-9,11,13-15,19,22,32H,10,12H2,(H,29,31)(H,33,34)/t19?,22-/m0/s1. The normalized spacial score (nSPS) is 16.8. The maximum atomic E-state index is 14.2. The van der Waals surface area contributed by atoms with Crippen molar-refractivity contribution in [3.63, 3.8) is 0 Å². The van der Waals surface area contributed by atoms with Crippen LogP contribution >= 0.6 is 11.3 Å². The zero-order chi connectivity index (χ0) is 25.8. The van der Waals surface area contributed by atoms with Crippen molar-refractivity contribution in [1.29, 1.82) is 0 Å². The number of benzene rings is 2. The van der Waals surface area contributed by atoms with Gasteiger partial charge in [0, 0.05) is 23.1 Å². The molecular formula is C26H22F2N4O3S2. The Balaban J connectivity index is 1.39. The molecule has 1 aliphatic rings. The zero-order valence-electron chi connectivity index (χ0n) is 19.3. The van der Waals surface area contributed by atoms with Gasteiger partial charge in [0.15, 0.2) is 5.76 Å². The molecule has 2 heterocycles. The summed E-state index contributed by atoms with van der Waals surface area (Å²) < 4.78 is 56.0. The molecule has 0 spiro atoms. The highest BCUT2D eigenvalue weighted by Gasteiger charge is 2.22. The molecule has 5 rings (SSSR count). The first-order valence-electron chi connectivity index (χ1n) is 11.4. The van der Waals surface area contributed by atoms with Gasteiger partial charge in [-0.3, -0.25) is 4.55 Å². The molecule has 0 saturated carbocycles. The Bertz CT molecular complexity index is 1470. The summed E-state index contributed by atoms with van der Waals surface area (Å²) in [5, 5.41) is 6.10. The van der Waals surface area contributed by atoms with Gasteiger partial charge < -0.3 is 9.73 Å². The van der Waals surface area contributed by atoms with Gasteiger partial charge in [-0.2, -0.15) is 0 Å². The molecule has 7 nitrogen and oxygen atoms in total. The number of aromatic nitrogens is 2. The van der Waals surface area contributed by atoms with E-state index in [1.54, 1.807) is 0 Å². The summed E-state index contributed by atoms with van der Waals surface area (Å²) in [4.78, 5) is 9.09. The van der Waals surface area contributed by atoms with E-state index in [1.807, 2.05) is 53.9 Å². The van der Waals surface area contributed by atoms with Gasteiger partial charge >= 0.3 is 0 Å². The zero-order valence-corrected chi connectivity index (χ0v) is 20.9. The van der Waals surface area contributed by atoms with Gasteiger partial charge in [0.1, 0.15) is 16.6 Å². The number of anilines is 1. The number of rotatable bonds is 9. The van der Waals surface area contributed by atoms with Gasteiger partial charge in [0.2, 0.25) is 11.3 Å². The minimum atomic E-state index is -2.09. The van der Waals surface area contributed by atoms with Crippen LogP contribution in [-0.2, 0) is 11.3 Å². The highest BCUT2D eigenvalue weighted by atomic mass is 32.2. The van der Waals surface area contributed by atoms with E-state index in [4.69, 9.17) is 14.0 Å². The summed E-state index contributed by atoms with van der Waals surface area (Å²) in [6.45, 7) is 0. The van der Waals surface area contributed by atoms with Crippen LogP contribution in [0.15, 0.2) is 88.3 Å². The second kappa shape index (κ2) is 11.3. The first-order valence-corrected chi connectivity index (χ1v) is 13.4. The number of thiazole rings is 1. The number of nitrogens with one attached hydrogen (secondary N) is 2. The quantitative estimate of drug-likeness (QED) is 0.217. The van der Waals surface area contributed by atoms with Gasteiger partial charge in [0.05, 0.1) is 23.5 Å². The van der Waals surface area contributed by atoms with E-state index >= 15 is 0 Å². The first-order chi connectivity index (χ1) is 17.9. The topological polar surface area (TPSA) is 100 Å². The van der Waals surface area contributed by atoms with E-state index in [1.165, 1.54) is 23.6 Å². The van der Waals surface area contributed by atoms with Gasteiger partial charge in [0.25, 0.3) is 6.01 Å². The van der Waals surface area contributed by atoms with E-state index in [0.29, 0.717) is 12.8 Å². The Morgan fingerprint density at radius 2 is 2.05 bits per heavy atom. The van der Waals surface area contributed by atoms with E-state index in [-0.39, 0.29) is 29.4 Å². The minimum Gasteiger partial charge on any atom is -0.423 e. The summed E-state index contributed by atoms with van der Waals surface area (Å²) >= 11 is -0.573. The Labute approximate surface area is 218 Å². The predicted molar refractivity (Wildman–Crippen MR) is 140 cm³/mol. The second-order valence-corrected chi connectivity index (χ2v) is 9.94. The number of hydrogen-bond donors (Lipinski definition) is 3. The van der Waals surface area contributed by atoms with Crippen molar-refractivity contribution >= 4 is 28.6 Å². The van der Waals surface area contributed by atoms with Crippen LogP contribution in [0.2, 0.25) is 0 Å². The van der Waals surface area contributed by atoms with Gasteiger partial charge in [-0.05, 0) is 30.5 Å². The third-order valence-electron chi connectivity index (χ3n) is 5.77. The summed E-state index contributed by atoms with van der Waals surface area (Å²) in [5.41, 5.74) is 2.90. The Morgan fingerprint density at radius 1 is 1.22 bits per heavy atom. The van der Waals surface area contributed by atoms with Crippen molar-refractivity contribution in [3.8, 4) is 21.9 Å². The molecule has 1 aliphatic carbocycles. The van der Waals surface area contributed by atoms with E-state index in [0.717, 1.165) is 34.0 Å². The van der Waals surface area contributed by atoms with Gasteiger partial charge in [-0.1, -0.05) is 48.6 Å². The van der Waals surface area contributed by atoms with Crippen molar-refractivity contribution in [3.05, 3.63) is 101 Å². The van der Waals surface area contributed by atoms with E-state index < -0.39 is 22.9 Å². The molecule has 0 aliphatic heterocycles. The molecule has 0 bridgehead atoms. The fourth-order valence-electron chi connectivity index (χ4n) is 3.96. The Kier molecular flexibility index (Phi) is 7.65. The molecule has 2 unspecified atom stereocenters. The van der Waals surface area contributed by atoms with Crippen molar-refractivity contribution in [1.82, 2.24) is 14.7 Å². The summed E-state index contributed by atoms with van der Waals surface area (Å²) in [5.74, 6) is -1.24. The van der Waals surface area contributed by atoms with Gasteiger partial charge in [-0.25, -0.2) is 27.7 Å². The fraction of sp³-hybridized carbons (Fsp3) is 0.154.